The first kappa shape index (κ1) is 15.9. The smallest absolute Gasteiger partial charge is 0.311 e. The topological polar surface area (TPSA) is 52.6 Å². The average molecular weight is 246 g/mol. The number of methoxy groups -OCH3 is 1. The Kier molecular flexibility index (Phi) is 6.80. The number of likely N-dealkylation sites (N-methyl/N-ethyl adjacent to an activating group) is 1. The van der Waals surface area contributed by atoms with Gasteiger partial charge >= 0.3 is 11.9 Å². The minimum absolute atomic E-state index is 0.0966. The van der Waals surface area contributed by atoms with Crippen LogP contribution in [0.15, 0.2) is 0 Å². The van der Waals surface area contributed by atoms with Gasteiger partial charge in [0.05, 0.1) is 40.1 Å². The SMILES string of the molecule is COC(=O)CC[N+](C)(C)CCOC(=O)C(C)C. The normalized spacial score (nSPS) is 11.4. The molecule has 0 radical (unpaired) electrons. The van der Waals surface area contributed by atoms with Gasteiger partial charge in [-0.15, -0.1) is 0 Å². The van der Waals surface area contributed by atoms with Crippen LogP contribution in [0.1, 0.15) is 20.3 Å². The van der Waals surface area contributed by atoms with Crippen LogP contribution in [0.4, 0.5) is 0 Å². The van der Waals surface area contributed by atoms with Crippen molar-refractivity contribution in [1.29, 1.82) is 0 Å². The highest BCUT2D eigenvalue weighted by atomic mass is 16.5. The van der Waals surface area contributed by atoms with Gasteiger partial charge in [0.1, 0.15) is 13.2 Å². The predicted octanol–water partition coefficient (Wildman–Crippen LogP) is 0.825. The number of nitrogens with zero attached hydrogens (tertiary/aromatic N) is 1. The molecular formula is C12H24NO4+. The Bertz CT molecular complexity index is 261. The number of esters is 2. The third kappa shape index (κ3) is 7.74. The molecule has 0 N–H and O–H groups in total. The maximum absolute atomic E-state index is 11.2. The van der Waals surface area contributed by atoms with Crippen molar-refractivity contribution in [1.82, 2.24) is 0 Å². The number of carbonyl (C=O) groups excluding carboxylic acids is 2. The third-order valence-corrected chi connectivity index (χ3v) is 2.56. The highest BCUT2D eigenvalue weighted by Crippen LogP contribution is 2.02. The van der Waals surface area contributed by atoms with Crippen LogP contribution in [0.3, 0.4) is 0 Å². The van der Waals surface area contributed by atoms with E-state index in [1.165, 1.54) is 7.11 Å². The standard InChI is InChI=1S/C12H24NO4/c1-10(2)12(15)17-9-8-13(3,4)7-6-11(14)16-5/h10H,6-9H2,1-5H3/q+1. The van der Waals surface area contributed by atoms with Gasteiger partial charge in [-0.1, -0.05) is 13.8 Å². The van der Waals surface area contributed by atoms with Gasteiger partial charge in [-0.3, -0.25) is 9.59 Å². The van der Waals surface area contributed by atoms with Crippen molar-refractivity contribution in [2.75, 3.05) is 40.9 Å². The molecule has 17 heavy (non-hydrogen) atoms. The van der Waals surface area contributed by atoms with Crippen molar-refractivity contribution in [2.24, 2.45) is 5.92 Å². The maximum atomic E-state index is 11.2. The van der Waals surface area contributed by atoms with Crippen molar-refractivity contribution < 1.29 is 23.5 Å². The number of hydrogen-bond acceptors (Lipinski definition) is 4. The zero-order chi connectivity index (χ0) is 13.5. The molecule has 0 rings (SSSR count). The van der Waals surface area contributed by atoms with E-state index in [-0.39, 0.29) is 17.9 Å². The molecule has 0 aromatic rings. The first-order chi connectivity index (χ1) is 7.78. The molecule has 0 aromatic heterocycles. The summed E-state index contributed by atoms with van der Waals surface area (Å²) in [6.07, 6.45) is 0.377. The van der Waals surface area contributed by atoms with Gasteiger partial charge in [0.15, 0.2) is 0 Å². The molecule has 0 saturated carbocycles. The fraction of sp³-hybridized carbons (Fsp3) is 0.833. The largest absolute Gasteiger partial charge is 0.469 e. The van der Waals surface area contributed by atoms with Crippen molar-refractivity contribution in [3.63, 3.8) is 0 Å². The quantitative estimate of drug-likeness (QED) is 0.493. The molecule has 5 heteroatoms. The monoisotopic (exact) mass is 246 g/mol. The van der Waals surface area contributed by atoms with E-state index in [4.69, 9.17) is 4.74 Å². The number of carbonyl (C=O) groups is 2. The fourth-order valence-corrected chi connectivity index (χ4v) is 1.17. The fourth-order valence-electron chi connectivity index (χ4n) is 1.17. The van der Waals surface area contributed by atoms with Crippen LogP contribution >= 0.6 is 0 Å². The molecule has 0 bridgehead atoms. The summed E-state index contributed by atoms with van der Waals surface area (Å²) in [5, 5.41) is 0. The van der Waals surface area contributed by atoms with E-state index in [1.807, 2.05) is 14.1 Å². The lowest BCUT2D eigenvalue weighted by Gasteiger charge is -2.29. The molecule has 0 heterocycles. The van der Waals surface area contributed by atoms with E-state index < -0.39 is 0 Å². The van der Waals surface area contributed by atoms with E-state index >= 15 is 0 Å². The third-order valence-electron chi connectivity index (χ3n) is 2.56. The molecular weight excluding hydrogens is 222 g/mol. The molecule has 0 amide bonds. The van der Waals surface area contributed by atoms with Gasteiger partial charge in [0, 0.05) is 0 Å². The molecule has 0 aliphatic rings. The van der Waals surface area contributed by atoms with Crippen molar-refractivity contribution >= 4 is 11.9 Å². The Morgan fingerprint density at radius 3 is 2.24 bits per heavy atom. The molecule has 0 saturated heterocycles. The summed E-state index contributed by atoms with van der Waals surface area (Å²) < 4.78 is 10.3. The Morgan fingerprint density at radius 1 is 1.18 bits per heavy atom. The molecule has 0 aliphatic carbocycles. The van der Waals surface area contributed by atoms with Gasteiger partial charge < -0.3 is 14.0 Å². The first-order valence-electron chi connectivity index (χ1n) is 5.84. The Balaban J connectivity index is 3.85. The van der Waals surface area contributed by atoms with Crippen LogP contribution in [0.2, 0.25) is 0 Å². The zero-order valence-electron chi connectivity index (χ0n) is 11.5. The van der Waals surface area contributed by atoms with Gasteiger partial charge in [-0.2, -0.15) is 0 Å². The van der Waals surface area contributed by atoms with E-state index in [1.54, 1.807) is 13.8 Å². The van der Waals surface area contributed by atoms with Crippen LogP contribution < -0.4 is 0 Å². The number of rotatable bonds is 7. The van der Waals surface area contributed by atoms with Gasteiger partial charge in [0.25, 0.3) is 0 Å². The van der Waals surface area contributed by atoms with Gasteiger partial charge in [-0.25, -0.2) is 0 Å². The maximum Gasteiger partial charge on any atom is 0.311 e. The van der Waals surface area contributed by atoms with Crippen LogP contribution in [0.25, 0.3) is 0 Å². The molecule has 5 nitrogen and oxygen atoms in total. The summed E-state index contributed by atoms with van der Waals surface area (Å²) in [6.45, 7) is 5.35. The second-order valence-electron chi connectivity index (χ2n) is 5.03. The first-order valence-corrected chi connectivity index (χ1v) is 5.84. The highest BCUT2D eigenvalue weighted by Gasteiger charge is 2.18. The van der Waals surface area contributed by atoms with E-state index in [0.29, 0.717) is 30.6 Å². The second-order valence-corrected chi connectivity index (χ2v) is 5.03. The highest BCUT2D eigenvalue weighted by molar-refractivity contribution is 5.71. The van der Waals surface area contributed by atoms with Crippen LogP contribution in [0.5, 0.6) is 0 Å². The van der Waals surface area contributed by atoms with Crippen molar-refractivity contribution in [3.05, 3.63) is 0 Å². The lowest BCUT2D eigenvalue weighted by molar-refractivity contribution is -0.889. The summed E-state index contributed by atoms with van der Waals surface area (Å²) in [4.78, 5) is 22.3. The molecule has 0 unspecified atom stereocenters. The van der Waals surface area contributed by atoms with E-state index in [9.17, 15) is 9.59 Å². The summed E-state index contributed by atoms with van der Waals surface area (Å²) in [6, 6.07) is 0. The number of quaternary nitrogens is 1. The van der Waals surface area contributed by atoms with Gasteiger partial charge in [0.2, 0.25) is 0 Å². The van der Waals surface area contributed by atoms with E-state index in [0.717, 1.165) is 0 Å². The lowest BCUT2D eigenvalue weighted by Crippen LogP contribution is -2.44. The Morgan fingerprint density at radius 2 is 1.76 bits per heavy atom. The Labute approximate surface area is 103 Å². The molecule has 100 valence electrons. The van der Waals surface area contributed by atoms with Crippen molar-refractivity contribution in [3.8, 4) is 0 Å². The van der Waals surface area contributed by atoms with E-state index in [2.05, 4.69) is 4.74 Å². The van der Waals surface area contributed by atoms with Crippen molar-refractivity contribution in [2.45, 2.75) is 20.3 Å². The minimum atomic E-state index is -0.213. The minimum Gasteiger partial charge on any atom is -0.469 e. The summed E-state index contributed by atoms with van der Waals surface area (Å²) in [5.41, 5.74) is 0. The predicted molar refractivity (Wildman–Crippen MR) is 64.3 cm³/mol. The van der Waals surface area contributed by atoms with Crippen LogP contribution in [-0.4, -0.2) is 57.3 Å². The summed E-state index contributed by atoms with van der Waals surface area (Å²) in [7, 11) is 5.37. The number of ether oxygens (including phenoxy) is 2. The molecule has 0 aromatic carbocycles. The number of hydrogen-bond donors (Lipinski definition) is 0. The second kappa shape index (κ2) is 7.27. The molecule has 0 fully saturated rings. The summed E-state index contributed by atoms with van der Waals surface area (Å²) >= 11 is 0. The van der Waals surface area contributed by atoms with Gasteiger partial charge in [-0.05, 0) is 0 Å². The Hall–Kier alpha value is -1.10. The zero-order valence-corrected chi connectivity index (χ0v) is 11.5. The average Bonchev–Trinajstić information content (AvgIpc) is 2.25. The molecule has 0 aliphatic heterocycles. The summed E-state index contributed by atoms with van der Waals surface area (Å²) in [5.74, 6) is -0.492. The molecule has 0 spiro atoms. The lowest BCUT2D eigenvalue weighted by atomic mass is 10.2. The molecule has 0 atom stereocenters. The van der Waals surface area contributed by atoms with Crippen LogP contribution in [-0.2, 0) is 19.1 Å². The van der Waals surface area contributed by atoms with Crippen LogP contribution in [0, 0.1) is 5.92 Å².